The monoisotopic (exact) mass is 293 g/mol. The molecule has 0 bridgehead atoms. The molecule has 1 aromatic rings. The summed E-state index contributed by atoms with van der Waals surface area (Å²) < 4.78 is 5.06. The number of rotatable bonds is 4. The first kappa shape index (κ1) is 16.8. The van der Waals surface area contributed by atoms with Crippen molar-refractivity contribution < 1.29 is 14.3 Å². The Morgan fingerprint density at radius 2 is 1.86 bits per heavy atom. The van der Waals surface area contributed by atoms with Crippen molar-refractivity contribution in [3.8, 4) is 5.75 Å². The van der Waals surface area contributed by atoms with Crippen molar-refractivity contribution in [3.05, 3.63) is 23.8 Å². The number of carbonyl (C=O) groups excluding carboxylic acids is 2. The Morgan fingerprint density at radius 1 is 1.24 bits per heavy atom. The fourth-order valence-electron chi connectivity index (χ4n) is 1.69. The van der Waals surface area contributed by atoms with E-state index >= 15 is 0 Å². The number of nitrogens with two attached hydrogens (primary N) is 1. The van der Waals surface area contributed by atoms with Gasteiger partial charge in [-0.15, -0.1) is 0 Å². The molecule has 0 spiro atoms. The summed E-state index contributed by atoms with van der Waals surface area (Å²) in [6, 6.07) is 4.07. The lowest BCUT2D eigenvalue weighted by molar-refractivity contribution is -0.124. The minimum Gasteiger partial charge on any atom is -0.497 e. The molecule has 4 N–H and O–H groups in total. The molecule has 0 aromatic heterocycles. The van der Waals surface area contributed by atoms with Gasteiger partial charge in [0, 0.05) is 22.9 Å². The van der Waals surface area contributed by atoms with Gasteiger partial charge in [0.2, 0.25) is 5.91 Å². The highest BCUT2D eigenvalue weighted by atomic mass is 16.5. The fourth-order valence-corrected chi connectivity index (χ4v) is 1.69. The molecule has 21 heavy (non-hydrogen) atoms. The van der Waals surface area contributed by atoms with Crippen LogP contribution in [0.3, 0.4) is 0 Å². The van der Waals surface area contributed by atoms with Gasteiger partial charge >= 0.3 is 0 Å². The Kier molecular flexibility index (Phi) is 5.18. The van der Waals surface area contributed by atoms with Gasteiger partial charge in [-0.2, -0.15) is 0 Å². The number of carbonyl (C=O) groups is 2. The van der Waals surface area contributed by atoms with Gasteiger partial charge in [-0.05, 0) is 39.8 Å². The standard InChI is InChI=1S/C15H23N3O3/c1-9(13(19)18-15(2,3)4)17-14(20)10-6-11(16)8-12(7-10)21-5/h6-9H,16H2,1-5H3,(H,17,20)(H,18,19). The number of nitrogen functional groups attached to an aromatic ring is 1. The molecule has 6 heteroatoms. The molecule has 0 aliphatic carbocycles. The summed E-state index contributed by atoms with van der Waals surface area (Å²) in [5.41, 5.74) is 6.13. The van der Waals surface area contributed by atoms with E-state index in [9.17, 15) is 9.59 Å². The Morgan fingerprint density at radius 3 is 2.38 bits per heavy atom. The van der Waals surface area contributed by atoms with Crippen molar-refractivity contribution in [2.45, 2.75) is 39.3 Å². The van der Waals surface area contributed by atoms with E-state index in [4.69, 9.17) is 10.5 Å². The highest BCUT2D eigenvalue weighted by Gasteiger charge is 2.21. The molecule has 2 amide bonds. The van der Waals surface area contributed by atoms with E-state index in [0.29, 0.717) is 17.0 Å². The molecule has 0 saturated heterocycles. The summed E-state index contributed by atoms with van der Waals surface area (Å²) in [6.45, 7) is 7.26. The lowest BCUT2D eigenvalue weighted by Gasteiger charge is -2.23. The molecule has 0 aliphatic rings. The molecular formula is C15H23N3O3. The van der Waals surface area contributed by atoms with Crippen LogP contribution in [0.1, 0.15) is 38.1 Å². The fraction of sp³-hybridized carbons (Fsp3) is 0.467. The van der Waals surface area contributed by atoms with Gasteiger partial charge in [0.25, 0.3) is 5.91 Å². The van der Waals surface area contributed by atoms with E-state index < -0.39 is 6.04 Å². The first-order valence-electron chi connectivity index (χ1n) is 6.70. The van der Waals surface area contributed by atoms with Crippen LogP contribution in [0.2, 0.25) is 0 Å². The van der Waals surface area contributed by atoms with Gasteiger partial charge in [-0.3, -0.25) is 9.59 Å². The molecule has 1 rings (SSSR count). The molecule has 6 nitrogen and oxygen atoms in total. The third kappa shape index (κ3) is 5.33. The summed E-state index contributed by atoms with van der Waals surface area (Å²) in [4.78, 5) is 24.1. The molecule has 1 aromatic carbocycles. The SMILES string of the molecule is COc1cc(N)cc(C(=O)NC(C)C(=O)NC(C)(C)C)c1. The predicted octanol–water partition coefficient (Wildman–Crippen LogP) is 1.31. The number of hydrogen-bond acceptors (Lipinski definition) is 4. The van der Waals surface area contributed by atoms with Crippen molar-refractivity contribution >= 4 is 17.5 Å². The third-order valence-corrected chi connectivity index (χ3v) is 2.67. The zero-order valence-electron chi connectivity index (χ0n) is 13.1. The van der Waals surface area contributed by atoms with E-state index in [-0.39, 0.29) is 17.4 Å². The van der Waals surface area contributed by atoms with Crippen LogP contribution in [0.5, 0.6) is 5.75 Å². The van der Waals surface area contributed by atoms with Crippen molar-refractivity contribution in [2.75, 3.05) is 12.8 Å². The van der Waals surface area contributed by atoms with Crippen LogP contribution < -0.4 is 21.1 Å². The minimum absolute atomic E-state index is 0.244. The normalized spacial score (nSPS) is 12.4. The van der Waals surface area contributed by atoms with Crippen molar-refractivity contribution in [3.63, 3.8) is 0 Å². The van der Waals surface area contributed by atoms with Gasteiger partial charge in [-0.1, -0.05) is 0 Å². The molecule has 116 valence electrons. The van der Waals surface area contributed by atoms with E-state index in [0.717, 1.165) is 0 Å². The maximum atomic E-state index is 12.1. The first-order chi connectivity index (χ1) is 9.62. The summed E-state index contributed by atoms with van der Waals surface area (Å²) in [7, 11) is 1.50. The molecule has 1 atom stereocenters. The first-order valence-corrected chi connectivity index (χ1v) is 6.70. The van der Waals surface area contributed by atoms with Crippen LogP contribution in [-0.2, 0) is 4.79 Å². The van der Waals surface area contributed by atoms with E-state index in [2.05, 4.69) is 10.6 Å². The average Bonchev–Trinajstić information content (AvgIpc) is 2.35. The molecule has 0 aliphatic heterocycles. The van der Waals surface area contributed by atoms with E-state index in [1.54, 1.807) is 19.1 Å². The van der Waals surface area contributed by atoms with Gasteiger partial charge in [-0.25, -0.2) is 0 Å². The van der Waals surface area contributed by atoms with Crippen molar-refractivity contribution in [1.29, 1.82) is 0 Å². The zero-order valence-corrected chi connectivity index (χ0v) is 13.1. The highest BCUT2D eigenvalue weighted by molar-refractivity contribution is 5.98. The lowest BCUT2D eigenvalue weighted by atomic mass is 10.1. The molecule has 1 unspecified atom stereocenters. The summed E-state index contributed by atoms with van der Waals surface area (Å²) in [5.74, 6) is -0.129. The van der Waals surface area contributed by atoms with Gasteiger partial charge in [0.15, 0.2) is 0 Å². The van der Waals surface area contributed by atoms with Gasteiger partial charge in [0.05, 0.1) is 7.11 Å². The molecule has 0 saturated carbocycles. The minimum atomic E-state index is -0.649. The number of anilines is 1. The number of hydrogen-bond donors (Lipinski definition) is 3. The second-order valence-corrected chi connectivity index (χ2v) is 5.93. The number of benzene rings is 1. The van der Waals surface area contributed by atoms with Crippen LogP contribution in [0.25, 0.3) is 0 Å². The Bertz CT molecular complexity index is 535. The molecule has 0 heterocycles. The smallest absolute Gasteiger partial charge is 0.252 e. The second-order valence-electron chi connectivity index (χ2n) is 5.93. The summed E-state index contributed by atoms with van der Waals surface area (Å²) >= 11 is 0. The maximum absolute atomic E-state index is 12.1. The van der Waals surface area contributed by atoms with Gasteiger partial charge in [0.1, 0.15) is 11.8 Å². The number of amides is 2. The second kappa shape index (κ2) is 6.47. The van der Waals surface area contributed by atoms with Crippen LogP contribution >= 0.6 is 0 Å². The van der Waals surface area contributed by atoms with Crippen molar-refractivity contribution in [2.24, 2.45) is 0 Å². The predicted molar refractivity (Wildman–Crippen MR) is 82.2 cm³/mol. The third-order valence-electron chi connectivity index (χ3n) is 2.67. The number of ether oxygens (including phenoxy) is 1. The number of nitrogens with one attached hydrogen (secondary N) is 2. The summed E-state index contributed by atoms with van der Waals surface area (Å²) in [5, 5.41) is 5.44. The average molecular weight is 293 g/mol. The highest BCUT2D eigenvalue weighted by Crippen LogP contribution is 2.18. The quantitative estimate of drug-likeness (QED) is 0.730. The van der Waals surface area contributed by atoms with Crippen LogP contribution in [0, 0.1) is 0 Å². The molecular weight excluding hydrogens is 270 g/mol. The zero-order chi connectivity index (χ0) is 16.2. The van der Waals surface area contributed by atoms with Crippen LogP contribution in [-0.4, -0.2) is 30.5 Å². The maximum Gasteiger partial charge on any atom is 0.252 e. The largest absolute Gasteiger partial charge is 0.497 e. The topological polar surface area (TPSA) is 93.4 Å². The molecule has 0 radical (unpaired) electrons. The Hall–Kier alpha value is -2.24. The number of methoxy groups -OCH3 is 1. The Labute approximate surface area is 125 Å². The Balaban J connectivity index is 2.77. The molecule has 0 fully saturated rings. The van der Waals surface area contributed by atoms with E-state index in [1.165, 1.54) is 13.2 Å². The van der Waals surface area contributed by atoms with Crippen LogP contribution in [0.4, 0.5) is 5.69 Å². The van der Waals surface area contributed by atoms with Gasteiger partial charge < -0.3 is 21.1 Å². The van der Waals surface area contributed by atoms with Crippen LogP contribution in [0.15, 0.2) is 18.2 Å². The van der Waals surface area contributed by atoms with E-state index in [1.807, 2.05) is 20.8 Å². The summed E-state index contributed by atoms with van der Waals surface area (Å²) in [6.07, 6.45) is 0. The lowest BCUT2D eigenvalue weighted by Crippen LogP contribution is -2.50. The van der Waals surface area contributed by atoms with Crippen molar-refractivity contribution in [1.82, 2.24) is 10.6 Å².